The minimum Gasteiger partial charge on any atom is -0.479 e. The third kappa shape index (κ3) is 4.18. The number of aliphatic carboxylic acids is 1. The van der Waals surface area contributed by atoms with Crippen LogP contribution in [0.25, 0.3) is 0 Å². The average Bonchev–Trinajstić information content (AvgIpc) is 2.26. The molecule has 0 aliphatic heterocycles. The third-order valence-corrected chi connectivity index (χ3v) is 2.03. The van der Waals surface area contributed by atoms with Crippen LogP contribution in [0.3, 0.4) is 0 Å². The number of benzene rings is 1. The molecule has 4 nitrogen and oxygen atoms in total. The van der Waals surface area contributed by atoms with Gasteiger partial charge in [-0.15, -0.1) is 0 Å². The Hall–Kier alpha value is -1.10. The molecule has 5 heteroatoms. The van der Waals surface area contributed by atoms with E-state index >= 15 is 0 Å². The van der Waals surface area contributed by atoms with Gasteiger partial charge in [-0.25, -0.2) is 4.79 Å². The number of carboxylic acid groups (broad SMARTS) is 1. The molecule has 16 heavy (non-hydrogen) atoms. The Kier molecular flexibility index (Phi) is 6.73. The first kappa shape index (κ1) is 14.9. The first-order valence-corrected chi connectivity index (χ1v) is 4.49. The van der Waals surface area contributed by atoms with E-state index < -0.39 is 12.1 Å². The number of methoxy groups -OCH3 is 1. The normalized spacial score (nSPS) is 11.3. The molecule has 85 valence electrons. The average molecular weight is 259 g/mol. The number of rotatable bonds is 5. The van der Waals surface area contributed by atoms with Crippen molar-refractivity contribution in [3.05, 3.63) is 35.9 Å². The summed E-state index contributed by atoms with van der Waals surface area (Å²) in [4.78, 5) is 22.2. The van der Waals surface area contributed by atoms with Crippen molar-refractivity contribution in [3.63, 3.8) is 0 Å². The number of carbonyl (C=O) groups is 2. The molecular weight excluding hydrogens is 247 g/mol. The van der Waals surface area contributed by atoms with Crippen molar-refractivity contribution in [1.82, 2.24) is 0 Å². The van der Waals surface area contributed by atoms with Gasteiger partial charge in [-0.05, 0) is 0 Å². The Bertz CT molecular complexity index is 350. The zero-order chi connectivity index (χ0) is 11.3. The van der Waals surface area contributed by atoms with Crippen LogP contribution in [-0.2, 0) is 28.1 Å². The summed E-state index contributed by atoms with van der Waals surface area (Å²) in [7, 11) is 1.27. The van der Waals surface area contributed by atoms with Crippen molar-refractivity contribution in [3.8, 4) is 0 Å². The molecular formula is C11H12O4V. The van der Waals surface area contributed by atoms with Crippen LogP contribution in [0, 0.1) is 0 Å². The third-order valence-electron chi connectivity index (χ3n) is 2.03. The van der Waals surface area contributed by atoms with Gasteiger partial charge in [0.1, 0.15) is 0 Å². The smallest absolute Gasteiger partial charge is 0.333 e. The minimum atomic E-state index is -1.12. The summed E-state index contributed by atoms with van der Waals surface area (Å²) in [6, 6.07) is 8.56. The minimum absolute atomic E-state index is 0. The van der Waals surface area contributed by atoms with E-state index in [4.69, 9.17) is 5.11 Å². The molecule has 1 aromatic carbocycles. The zero-order valence-corrected chi connectivity index (χ0v) is 10.2. The summed E-state index contributed by atoms with van der Waals surface area (Å²) in [6.45, 7) is 0. The maximum atomic E-state index is 11.6. The van der Waals surface area contributed by atoms with E-state index in [1.807, 2.05) is 0 Å². The van der Waals surface area contributed by atoms with E-state index in [0.717, 1.165) is 0 Å². The molecule has 0 amide bonds. The fourth-order valence-electron chi connectivity index (χ4n) is 1.18. The van der Waals surface area contributed by atoms with Gasteiger partial charge in [-0.1, -0.05) is 30.3 Å². The number of hydrogen-bond donors (Lipinski definition) is 1. The fourth-order valence-corrected chi connectivity index (χ4v) is 1.18. The van der Waals surface area contributed by atoms with Gasteiger partial charge in [0.05, 0.1) is 0 Å². The molecule has 0 aromatic heterocycles. The van der Waals surface area contributed by atoms with Crippen molar-refractivity contribution in [2.24, 2.45) is 0 Å². The maximum Gasteiger partial charge on any atom is 0.333 e. The molecule has 1 aromatic rings. The van der Waals surface area contributed by atoms with Crippen molar-refractivity contribution in [2.45, 2.75) is 12.5 Å². The van der Waals surface area contributed by atoms with Gasteiger partial charge in [-0.3, -0.25) is 4.79 Å². The topological polar surface area (TPSA) is 63.6 Å². The van der Waals surface area contributed by atoms with E-state index in [1.165, 1.54) is 7.11 Å². The summed E-state index contributed by atoms with van der Waals surface area (Å²) in [5.74, 6) is -1.35. The van der Waals surface area contributed by atoms with Crippen molar-refractivity contribution >= 4 is 11.8 Å². The Balaban J connectivity index is 0.00000225. The number of hydrogen-bond acceptors (Lipinski definition) is 3. The molecule has 0 fully saturated rings. The van der Waals surface area contributed by atoms with Crippen molar-refractivity contribution in [2.75, 3.05) is 7.11 Å². The summed E-state index contributed by atoms with van der Waals surface area (Å²) >= 11 is 0. The quantitative estimate of drug-likeness (QED) is 0.811. The molecule has 1 N–H and O–H groups in total. The van der Waals surface area contributed by atoms with Gasteiger partial charge in [0.25, 0.3) is 0 Å². The molecule has 1 radical (unpaired) electrons. The molecule has 0 aliphatic carbocycles. The van der Waals surface area contributed by atoms with Crippen LogP contribution in [0.2, 0.25) is 0 Å². The number of carboxylic acids is 1. The van der Waals surface area contributed by atoms with Crippen LogP contribution in [0.4, 0.5) is 0 Å². The van der Waals surface area contributed by atoms with Gasteiger partial charge < -0.3 is 9.84 Å². The van der Waals surface area contributed by atoms with Crippen LogP contribution in [0.5, 0.6) is 0 Å². The van der Waals surface area contributed by atoms with Gasteiger partial charge in [0.2, 0.25) is 0 Å². The van der Waals surface area contributed by atoms with Crippen molar-refractivity contribution in [1.29, 1.82) is 0 Å². The molecule has 0 saturated carbocycles. The standard InChI is InChI=1S/C11H12O4.V/c1-15-10(11(13)14)7-9(12)8-5-3-2-4-6-8;/h2-6,10H,7H2,1H3,(H,13,14);. The molecule has 0 aliphatic rings. The second-order valence-electron chi connectivity index (χ2n) is 3.06. The summed E-state index contributed by atoms with van der Waals surface area (Å²) < 4.78 is 4.68. The van der Waals surface area contributed by atoms with E-state index in [9.17, 15) is 9.59 Å². The second kappa shape index (κ2) is 7.22. The first-order chi connectivity index (χ1) is 7.15. The van der Waals surface area contributed by atoms with Crippen LogP contribution >= 0.6 is 0 Å². The predicted molar refractivity (Wildman–Crippen MR) is 53.8 cm³/mol. The van der Waals surface area contributed by atoms with Crippen LogP contribution in [0.15, 0.2) is 30.3 Å². The summed E-state index contributed by atoms with van der Waals surface area (Å²) in [5.41, 5.74) is 0.501. The van der Waals surface area contributed by atoms with Crippen LogP contribution in [0.1, 0.15) is 16.8 Å². The number of ketones is 1. The molecule has 1 unspecified atom stereocenters. The van der Waals surface area contributed by atoms with Gasteiger partial charge in [0, 0.05) is 37.6 Å². The Morgan fingerprint density at radius 3 is 2.31 bits per heavy atom. The number of Topliss-reactive ketones (excluding diaryl/α,β-unsaturated/α-hetero) is 1. The van der Waals surface area contributed by atoms with Gasteiger partial charge in [0.15, 0.2) is 11.9 Å². The molecule has 0 spiro atoms. The first-order valence-electron chi connectivity index (χ1n) is 4.49. The predicted octanol–water partition coefficient (Wildman–Crippen LogP) is 1.36. The van der Waals surface area contributed by atoms with E-state index in [-0.39, 0.29) is 30.8 Å². The molecule has 1 rings (SSSR count). The summed E-state index contributed by atoms with van der Waals surface area (Å²) in [5, 5.41) is 8.69. The molecule has 0 heterocycles. The van der Waals surface area contributed by atoms with E-state index in [1.54, 1.807) is 30.3 Å². The van der Waals surface area contributed by atoms with E-state index in [2.05, 4.69) is 4.74 Å². The Morgan fingerprint density at radius 1 is 1.31 bits per heavy atom. The van der Waals surface area contributed by atoms with E-state index in [0.29, 0.717) is 5.56 Å². The van der Waals surface area contributed by atoms with Gasteiger partial charge >= 0.3 is 5.97 Å². The largest absolute Gasteiger partial charge is 0.479 e. The molecule has 0 saturated heterocycles. The molecule has 1 atom stereocenters. The second-order valence-corrected chi connectivity index (χ2v) is 3.06. The molecule has 0 bridgehead atoms. The van der Waals surface area contributed by atoms with Crippen molar-refractivity contribution < 1.29 is 38.0 Å². The van der Waals surface area contributed by atoms with Crippen LogP contribution in [-0.4, -0.2) is 30.1 Å². The maximum absolute atomic E-state index is 11.6. The zero-order valence-electron chi connectivity index (χ0n) is 8.79. The monoisotopic (exact) mass is 259 g/mol. The number of ether oxygens (including phenoxy) is 1. The number of carbonyl (C=O) groups excluding carboxylic acids is 1. The van der Waals surface area contributed by atoms with Crippen LogP contribution < -0.4 is 0 Å². The van der Waals surface area contributed by atoms with Gasteiger partial charge in [-0.2, -0.15) is 0 Å². The Labute approximate surface area is 105 Å². The SMILES string of the molecule is COC(CC(=O)c1ccccc1)C(=O)O.[V]. The summed E-state index contributed by atoms with van der Waals surface area (Å²) in [6.07, 6.45) is -1.21. The fraction of sp³-hybridized carbons (Fsp3) is 0.273. The Morgan fingerprint density at radius 2 is 1.88 bits per heavy atom.